The molecule has 1 aliphatic rings. The number of aromatic nitrogens is 2. The second-order valence-electron chi connectivity index (χ2n) is 4.80. The lowest BCUT2D eigenvalue weighted by molar-refractivity contribution is 0.288. The molecule has 3 rings (SSSR count). The van der Waals surface area contributed by atoms with Gasteiger partial charge in [-0.05, 0) is 36.5 Å². The molecule has 1 aliphatic heterocycles. The van der Waals surface area contributed by atoms with Gasteiger partial charge in [-0.15, -0.1) is 0 Å². The SMILES string of the molecule is Clc1cc(NCCc2ccc3c(c2)OCCC3)ncn1. The summed E-state index contributed by atoms with van der Waals surface area (Å²) < 4.78 is 5.69. The minimum absolute atomic E-state index is 0.449. The topological polar surface area (TPSA) is 47.0 Å². The molecule has 0 aliphatic carbocycles. The lowest BCUT2D eigenvalue weighted by atomic mass is 10.0. The smallest absolute Gasteiger partial charge is 0.134 e. The summed E-state index contributed by atoms with van der Waals surface area (Å²) in [7, 11) is 0. The summed E-state index contributed by atoms with van der Waals surface area (Å²) in [5, 5.41) is 3.69. The molecular weight excluding hydrogens is 274 g/mol. The Hall–Kier alpha value is -1.81. The van der Waals surface area contributed by atoms with Crippen molar-refractivity contribution in [1.29, 1.82) is 0 Å². The van der Waals surface area contributed by atoms with Crippen LogP contribution in [-0.4, -0.2) is 23.1 Å². The highest BCUT2D eigenvalue weighted by Crippen LogP contribution is 2.25. The Morgan fingerprint density at radius 1 is 1.25 bits per heavy atom. The van der Waals surface area contributed by atoms with Crippen LogP contribution in [0.4, 0.5) is 5.82 Å². The molecule has 0 bridgehead atoms. The number of halogens is 1. The number of nitrogens with one attached hydrogen (secondary N) is 1. The fourth-order valence-corrected chi connectivity index (χ4v) is 2.45. The van der Waals surface area contributed by atoms with E-state index in [1.807, 2.05) is 0 Å². The highest BCUT2D eigenvalue weighted by molar-refractivity contribution is 6.29. The molecule has 0 radical (unpaired) electrons. The van der Waals surface area contributed by atoms with E-state index in [4.69, 9.17) is 16.3 Å². The van der Waals surface area contributed by atoms with E-state index in [1.165, 1.54) is 17.5 Å². The van der Waals surface area contributed by atoms with Crippen molar-refractivity contribution in [2.45, 2.75) is 19.3 Å². The molecule has 4 nitrogen and oxygen atoms in total. The highest BCUT2D eigenvalue weighted by atomic mass is 35.5. The number of anilines is 1. The van der Waals surface area contributed by atoms with Crippen LogP contribution in [0.15, 0.2) is 30.6 Å². The third-order valence-corrected chi connectivity index (χ3v) is 3.54. The normalized spacial score (nSPS) is 13.4. The summed E-state index contributed by atoms with van der Waals surface area (Å²) in [5.74, 6) is 1.79. The lowest BCUT2D eigenvalue weighted by Gasteiger charge is -2.18. The standard InChI is InChI=1S/C15H16ClN3O/c16-14-9-15(19-10-18-14)17-6-5-11-3-4-12-2-1-7-20-13(12)8-11/h3-4,8-10H,1-2,5-7H2,(H,17,18,19). The van der Waals surface area contributed by atoms with Crippen molar-refractivity contribution in [2.24, 2.45) is 0 Å². The van der Waals surface area contributed by atoms with Crippen molar-refractivity contribution in [1.82, 2.24) is 9.97 Å². The molecule has 1 aromatic heterocycles. The lowest BCUT2D eigenvalue weighted by Crippen LogP contribution is -2.10. The maximum atomic E-state index is 5.81. The van der Waals surface area contributed by atoms with Gasteiger partial charge in [-0.3, -0.25) is 0 Å². The monoisotopic (exact) mass is 289 g/mol. The number of hydrogen-bond acceptors (Lipinski definition) is 4. The van der Waals surface area contributed by atoms with Crippen molar-refractivity contribution >= 4 is 17.4 Å². The number of rotatable bonds is 4. The average molecular weight is 290 g/mol. The van der Waals surface area contributed by atoms with Crippen LogP contribution in [0.25, 0.3) is 0 Å². The summed E-state index contributed by atoms with van der Waals surface area (Å²) in [6.45, 7) is 1.63. The van der Waals surface area contributed by atoms with Crippen LogP contribution in [0.1, 0.15) is 17.5 Å². The van der Waals surface area contributed by atoms with Crippen LogP contribution in [0.2, 0.25) is 5.15 Å². The number of benzene rings is 1. The first-order valence-electron chi connectivity index (χ1n) is 6.77. The van der Waals surface area contributed by atoms with E-state index < -0.39 is 0 Å². The Bertz CT molecular complexity index is 603. The van der Waals surface area contributed by atoms with E-state index >= 15 is 0 Å². The van der Waals surface area contributed by atoms with Crippen molar-refractivity contribution in [3.8, 4) is 5.75 Å². The summed E-state index contributed by atoms with van der Waals surface area (Å²) in [5.41, 5.74) is 2.58. The first kappa shape index (κ1) is 13.2. The number of nitrogens with zero attached hydrogens (tertiary/aromatic N) is 2. The summed E-state index contributed by atoms with van der Waals surface area (Å²) in [6.07, 6.45) is 4.60. The van der Waals surface area contributed by atoms with Gasteiger partial charge in [0.25, 0.3) is 0 Å². The molecule has 20 heavy (non-hydrogen) atoms. The van der Waals surface area contributed by atoms with E-state index in [2.05, 4.69) is 33.5 Å². The van der Waals surface area contributed by atoms with Gasteiger partial charge in [-0.25, -0.2) is 9.97 Å². The largest absolute Gasteiger partial charge is 0.493 e. The van der Waals surface area contributed by atoms with Crippen LogP contribution < -0.4 is 10.1 Å². The van der Waals surface area contributed by atoms with Gasteiger partial charge in [0.2, 0.25) is 0 Å². The van der Waals surface area contributed by atoms with Crippen LogP contribution in [0.5, 0.6) is 5.75 Å². The van der Waals surface area contributed by atoms with E-state index in [9.17, 15) is 0 Å². The second-order valence-corrected chi connectivity index (χ2v) is 5.18. The molecule has 1 N–H and O–H groups in total. The quantitative estimate of drug-likeness (QED) is 0.879. The van der Waals surface area contributed by atoms with E-state index in [1.54, 1.807) is 6.07 Å². The van der Waals surface area contributed by atoms with Crippen LogP contribution in [0, 0.1) is 0 Å². The molecule has 104 valence electrons. The first-order valence-corrected chi connectivity index (χ1v) is 7.15. The number of aryl methyl sites for hydroxylation is 1. The van der Waals surface area contributed by atoms with Crippen LogP contribution >= 0.6 is 11.6 Å². The van der Waals surface area contributed by atoms with E-state index in [-0.39, 0.29) is 0 Å². The minimum Gasteiger partial charge on any atom is -0.493 e. The Morgan fingerprint density at radius 2 is 2.20 bits per heavy atom. The molecule has 0 unspecified atom stereocenters. The third kappa shape index (κ3) is 3.20. The van der Waals surface area contributed by atoms with Crippen LogP contribution in [-0.2, 0) is 12.8 Å². The molecule has 0 saturated carbocycles. The van der Waals surface area contributed by atoms with Gasteiger partial charge in [-0.2, -0.15) is 0 Å². The molecule has 5 heteroatoms. The van der Waals surface area contributed by atoms with E-state index in [0.717, 1.165) is 44.0 Å². The molecule has 0 spiro atoms. The van der Waals surface area contributed by atoms with Gasteiger partial charge in [0.05, 0.1) is 6.61 Å². The maximum absolute atomic E-state index is 5.81. The van der Waals surface area contributed by atoms with Gasteiger partial charge in [-0.1, -0.05) is 23.7 Å². The Morgan fingerprint density at radius 3 is 3.10 bits per heavy atom. The van der Waals surface area contributed by atoms with Crippen molar-refractivity contribution in [3.63, 3.8) is 0 Å². The minimum atomic E-state index is 0.449. The van der Waals surface area contributed by atoms with Crippen molar-refractivity contribution in [2.75, 3.05) is 18.5 Å². The average Bonchev–Trinajstić information content (AvgIpc) is 2.47. The van der Waals surface area contributed by atoms with Crippen molar-refractivity contribution in [3.05, 3.63) is 46.9 Å². The van der Waals surface area contributed by atoms with Crippen LogP contribution in [0.3, 0.4) is 0 Å². The predicted octanol–water partition coefficient (Wildman–Crippen LogP) is 3.11. The second kappa shape index (κ2) is 6.09. The first-order chi connectivity index (χ1) is 9.81. The summed E-state index contributed by atoms with van der Waals surface area (Å²) in [4.78, 5) is 7.96. The zero-order valence-corrected chi connectivity index (χ0v) is 11.9. The summed E-state index contributed by atoms with van der Waals surface area (Å²) >= 11 is 5.81. The molecule has 0 atom stereocenters. The van der Waals surface area contributed by atoms with Gasteiger partial charge in [0, 0.05) is 12.6 Å². The molecule has 1 aromatic carbocycles. The number of fused-ring (bicyclic) bond motifs is 1. The fourth-order valence-electron chi connectivity index (χ4n) is 2.31. The summed E-state index contributed by atoms with van der Waals surface area (Å²) in [6, 6.07) is 8.20. The Labute approximate surface area is 123 Å². The third-order valence-electron chi connectivity index (χ3n) is 3.33. The molecule has 0 amide bonds. The number of ether oxygens (including phenoxy) is 1. The van der Waals surface area contributed by atoms with Gasteiger partial charge in [0.15, 0.2) is 0 Å². The Kier molecular flexibility index (Phi) is 4.02. The highest BCUT2D eigenvalue weighted by Gasteiger charge is 2.10. The Balaban J connectivity index is 1.58. The molecule has 2 heterocycles. The van der Waals surface area contributed by atoms with Gasteiger partial charge >= 0.3 is 0 Å². The predicted molar refractivity (Wildman–Crippen MR) is 79.5 cm³/mol. The fraction of sp³-hybridized carbons (Fsp3) is 0.333. The van der Waals surface area contributed by atoms with E-state index in [0.29, 0.717) is 5.15 Å². The molecular formula is C15H16ClN3O. The van der Waals surface area contributed by atoms with Gasteiger partial charge in [0.1, 0.15) is 23.0 Å². The molecule has 0 saturated heterocycles. The molecule has 2 aromatic rings. The zero-order chi connectivity index (χ0) is 13.8. The van der Waals surface area contributed by atoms with Gasteiger partial charge < -0.3 is 10.1 Å². The molecule has 0 fully saturated rings. The number of hydrogen-bond donors (Lipinski definition) is 1. The zero-order valence-electron chi connectivity index (χ0n) is 11.1. The maximum Gasteiger partial charge on any atom is 0.134 e. The van der Waals surface area contributed by atoms with Crippen molar-refractivity contribution < 1.29 is 4.74 Å².